The summed E-state index contributed by atoms with van der Waals surface area (Å²) in [5.41, 5.74) is 2.59. The number of nitrogens with zero attached hydrogens (tertiary/aromatic N) is 3. The Morgan fingerprint density at radius 3 is 2.76 bits per heavy atom. The number of hydrogen-bond donors (Lipinski definition) is 1. The van der Waals surface area contributed by atoms with Crippen molar-refractivity contribution >= 4 is 29.1 Å². The highest BCUT2D eigenvalue weighted by molar-refractivity contribution is 6.31. The Kier molecular flexibility index (Phi) is 7.80. The van der Waals surface area contributed by atoms with Gasteiger partial charge in [0.25, 0.3) is 11.8 Å². The highest BCUT2D eigenvalue weighted by atomic mass is 35.5. The van der Waals surface area contributed by atoms with Crippen LogP contribution in [-0.4, -0.2) is 65.0 Å². The standard InChI is InChI=1S/C25H30ClFN4O3/c1-16-14-30(6-7-31(16)25(33)23-5-3-4-8-34-23)15-19-9-20(26)11-22(17(19)2)29-24(32)18-10-21(27)13-28-12-18/h9-13,16,23H,3-8,14-15H2,1-2H3,(H,29,32)/t16-,23+/m0/s1. The second kappa shape index (κ2) is 10.8. The molecule has 2 amide bonds. The maximum Gasteiger partial charge on any atom is 0.257 e. The average molecular weight is 489 g/mol. The fourth-order valence-electron chi connectivity index (χ4n) is 4.63. The van der Waals surface area contributed by atoms with Gasteiger partial charge in [0, 0.05) is 55.7 Å². The number of carbonyl (C=O) groups excluding carboxylic acids is 2. The molecule has 4 rings (SSSR count). The number of ether oxygens (including phenoxy) is 1. The van der Waals surface area contributed by atoms with Crippen LogP contribution in [0.1, 0.15) is 47.7 Å². The van der Waals surface area contributed by atoms with Crippen molar-refractivity contribution in [3.8, 4) is 0 Å². The van der Waals surface area contributed by atoms with Crippen molar-refractivity contribution in [2.24, 2.45) is 0 Å². The van der Waals surface area contributed by atoms with Gasteiger partial charge in [-0.15, -0.1) is 0 Å². The highest BCUT2D eigenvalue weighted by Crippen LogP contribution is 2.27. The minimum absolute atomic E-state index is 0.0749. The molecule has 0 aliphatic carbocycles. The molecule has 0 bridgehead atoms. The van der Waals surface area contributed by atoms with Gasteiger partial charge >= 0.3 is 0 Å². The summed E-state index contributed by atoms with van der Waals surface area (Å²) in [6.45, 7) is 7.42. The molecule has 0 saturated carbocycles. The van der Waals surface area contributed by atoms with E-state index in [1.807, 2.05) is 17.9 Å². The van der Waals surface area contributed by atoms with E-state index in [0.29, 0.717) is 30.4 Å². The SMILES string of the molecule is Cc1c(CN2CCN(C(=O)[C@H]3CCCCO3)[C@@H](C)C2)cc(Cl)cc1NC(=O)c1cncc(F)c1. The highest BCUT2D eigenvalue weighted by Gasteiger charge is 2.33. The number of aromatic nitrogens is 1. The molecule has 2 fully saturated rings. The molecule has 1 aromatic heterocycles. The molecule has 2 saturated heterocycles. The summed E-state index contributed by atoms with van der Waals surface area (Å²) in [5, 5.41) is 3.33. The van der Waals surface area contributed by atoms with Gasteiger partial charge in [0.15, 0.2) is 0 Å². The van der Waals surface area contributed by atoms with Gasteiger partial charge in [-0.2, -0.15) is 0 Å². The van der Waals surface area contributed by atoms with E-state index in [1.165, 1.54) is 6.20 Å². The van der Waals surface area contributed by atoms with Gasteiger partial charge in [0.05, 0.1) is 11.8 Å². The van der Waals surface area contributed by atoms with Crippen molar-refractivity contribution in [2.75, 3.05) is 31.6 Å². The number of anilines is 1. The third-order valence-corrected chi connectivity index (χ3v) is 6.76. The van der Waals surface area contributed by atoms with Crippen LogP contribution in [0.15, 0.2) is 30.6 Å². The third-order valence-electron chi connectivity index (χ3n) is 6.54. The van der Waals surface area contributed by atoms with E-state index in [0.717, 1.165) is 55.7 Å². The monoisotopic (exact) mass is 488 g/mol. The number of nitrogens with one attached hydrogen (secondary N) is 1. The van der Waals surface area contributed by atoms with Crippen molar-refractivity contribution in [1.82, 2.24) is 14.8 Å². The van der Waals surface area contributed by atoms with Gasteiger partial charge in [0.2, 0.25) is 0 Å². The quantitative estimate of drug-likeness (QED) is 0.687. The molecule has 3 heterocycles. The zero-order valence-electron chi connectivity index (χ0n) is 19.5. The maximum atomic E-state index is 13.4. The van der Waals surface area contributed by atoms with E-state index in [1.54, 1.807) is 6.07 Å². The summed E-state index contributed by atoms with van der Waals surface area (Å²) in [6, 6.07) is 4.80. The summed E-state index contributed by atoms with van der Waals surface area (Å²) in [5.74, 6) is -0.922. The van der Waals surface area contributed by atoms with E-state index < -0.39 is 11.7 Å². The molecule has 9 heteroatoms. The molecule has 2 atom stereocenters. The van der Waals surface area contributed by atoms with Gasteiger partial charge in [-0.05, 0) is 62.4 Å². The number of carbonyl (C=O) groups is 2. The van der Waals surface area contributed by atoms with E-state index in [2.05, 4.69) is 22.1 Å². The Morgan fingerprint density at radius 1 is 1.24 bits per heavy atom. The fourth-order valence-corrected chi connectivity index (χ4v) is 4.87. The Bertz CT molecular complexity index is 1060. The topological polar surface area (TPSA) is 74.8 Å². The lowest BCUT2D eigenvalue weighted by atomic mass is 10.0. The lowest BCUT2D eigenvalue weighted by Gasteiger charge is -2.41. The predicted molar refractivity (Wildman–Crippen MR) is 128 cm³/mol. The Balaban J connectivity index is 1.41. The Hall–Kier alpha value is -2.55. The lowest BCUT2D eigenvalue weighted by Crippen LogP contribution is -2.56. The minimum atomic E-state index is -0.571. The second-order valence-corrected chi connectivity index (χ2v) is 9.49. The van der Waals surface area contributed by atoms with Crippen molar-refractivity contribution in [3.05, 3.63) is 58.1 Å². The molecule has 7 nitrogen and oxygen atoms in total. The van der Waals surface area contributed by atoms with E-state index >= 15 is 0 Å². The summed E-state index contributed by atoms with van der Waals surface area (Å²) >= 11 is 6.36. The first-order valence-electron chi connectivity index (χ1n) is 11.7. The molecule has 2 aliphatic rings. The van der Waals surface area contributed by atoms with Crippen LogP contribution in [0.2, 0.25) is 5.02 Å². The number of rotatable bonds is 5. The van der Waals surface area contributed by atoms with Crippen LogP contribution in [0.3, 0.4) is 0 Å². The number of benzene rings is 1. The Labute approximate surface area is 204 Å². The zero-order chi connectivity index (χ0) is 24.2. The van der Waals surface area contributed by atoms with E-state index in [9.17, 15) is 14.0 Å². The number of amides is 2. The van der Waals surface area contributed by atoms with Crippen molar-refractivity contribution in [3.63, 3.8) is 0 Å². The van der Waals surface area contributed by atoms with Gasteiger partial charge < -0.3 is 15.0 Å². The number of hydrogen-bond acceptors (Lipinski definition) is 5. The molecule has 182 valence electrons. The molecule has 0 radical (unpaired) electrons. The largest absolute Gasteiger partial charge is 0.368 e. The maximum absolute atomic E-state index is 13.4. The van der Waals surface area contributed by atoms with Crippen LogP contribution >= 0.6 is 11.6 Å². The second-order valence-electron chi connectivity index (χ2n) is 9.05. The van der Waals surface area contributed by atoms with Gasteiger partial charge in [0.1, 0.15) is 11.9 Å². The van der Waals surface area contributed by atoms with E-state index in [-0.39, 0.29) is 23.6 Å². The predicted octanol–water partition coefficient (Wildman–Crippen LogP) is 4.04. The first-order valence-corrected chi connectivity index (χ1v) is 12.0. The van der Waals surface area contributed by atoms with Crippen LogP contribution in [0.25, 0.3) is 0 Å². The first-order chi connectivity index (χ1) is 16.3. The summed E-state index contributed by atoms with van der Waals surface area (Å²) in [4.78, 5) is 33.5. The van der Waals surface area contributed by atoms with Gasteiger partial charge in [-0.25, -0.2) is 4.39 Å². The normalized spacial score (nSPS) is 21.4. The van der Waals surface area contributed by atoms with Crippen molar-refractivity contribution in [1.29, 1.82) is 0 Å². The van der Waals surface area contributed by atoms with Crippen LogP contribution in [-0.2, 0) is 16.1 Å². The van der Waals surface area contributed by atoms with E-state index in [4.69, 9.17) is 16.3 Å². The molecule has 34 heavy (non-hydrogen) atoms. The smallest absolute Gasteiger partial charge is 0.257 e. The van der Waals surface area contributed by atoms with Crippen LogP contribution in [0, 0.1) is 12.7 Å². The zero-order valence-corrected chi connectivity index (χ0v) is 20.3. The lowest BCUT2D eigenvalue weighted by molar-refractivity contribution is -0.151. The average Bonchev–Trinajstić information content (AvgIpc) is 2.82. The third kappa shape index (κ3) is 5.74. The van der Waals surface area contributed by atoms with Crippen LogP contribution in [0.5, 0.6) is 0 Å². The Morgan fingerprint density at radius 2 is 2.06 bits per heavy atom. The van der Waals surface area contributed by atoms with Gasteiger partial charge in [-0.1, -0.05) is 11.6 Å². The minimum Gasteiger partial charge on any atom is -0.368 e. The molecule has 2 aromatic rings. The van der Waals surface area contributed by atoms with Crippen LogP contribution < -0.4 is 5.32 Å². The molecule has 1 aromatic carbocycles. The van der Waals surface area contributed by atoms with Crippen LogP contribution in [0.4, 0.5) is 10.1 Å². The molecular weight excluding hydrogens is 459 g/mol. The number of pyridine rings is 1. The fraction of sp³-hybridized carbons (Fsp3) is 0.480. The number of piperazine rings is 1. The molecule has 0 spiro atoms. The summed E-state index contributed by atoms with van der Waals surface area (Å²) < 4.78 is 19.1. The summed E-state index contributed by atoms with van der Waals surface area (Å²) in [6.07, 6.45) is 4.92. The van der Waals surface area contributed by atoms with Gasteiger partial charge in [-0.3, -0.25) is 19.5 Å². The number of halogens is 2. The first kappa shape index (κ1) is 24.6. The molecule has 1 N–H and O–H groups in total. The molecule has 0 unspecified atom stereocenters. The summed E-state index contributed by atoms with van der Waals surface area (Å²) in [7, 11) is 0. The van der Waals surface area contributed by atoms with Crippen molar-refractivity contribution in [2.45, 2.75) is 51.8 Å². The molecular formula is C25H30ClFN4O3. The van der Waals surface area contributed by atoms with Crippen molar-refractivity contribution < 1.29 is 18.7 Å². The molecule has 2 aliphatic heterocycles.